The zero-order valence-corrected chi connectivity index (χ0v) is 99.9. The molecular formula is C130H232N6O11S. The van der Waals surface area contributed by atoms with Crippen LogP contribution in [0.3, 0.4) is 0 Å². The molecule has 4 aromatic carbocycles. The second-order valence-electron chi connectivity index (χ2n) is 44.9. The number of hydrogen-bond donors (Lipinski definition) is 5. The molecule has 0 bridgehead atoms. The molecule has 0 saturated carbocycles. The van der Waals surface area contributed by atoms with Crippen molar-refractivity contribution in [1.82, 2.24) is 9.62 Å². The van der Waals surface area contributed by atoms with Crippen molar-refractivity contribution in [2.45, 2.75) is 566 Å². The molecule has 4 unspecified atom stereocenters. The number of carbonyl (C=O) groups excluding carboxylic acids is 9. The van der Waals surface area contributed by atoms with Crippen LogP contribution in [0.4, 0.5) is 0 Å². The fraction of sp³-hybridized carbons (Fsp3) is 0.762. The standard InChI is InChI=1S/C27H40N4O4S.C22H28O2.C21H42O.C19H38O.C17H34O.C15H30O.C9H20N2O/c1-21(2)27(33)25(15-9-10-16-28)30-26(32)19-31(18-24(29)17-22-11-5-3-6-12-22)36(34,35)20-23-13-7-4-8-14-23;1-4-5-6-11-20(22(24)16(2)3)15-21(23)19-13-12-17-9-7-8-10-18(17)14-19;1-4-5-6-7-8-9-10-11-12-13-14-15-16-17-18-19-21(22)20(2)3;1-4-5-6-7-8-9-10-11-12-13-14-15-16-17-19(20)18(2)3;1-4-5-6-7-8-9-10-11-12-13-14-15-17(18)16(2)3;1-4-5-6-7-8-9-10-11-12-13-15(16)14(2)3;1-7(2)9(12)8(11)5-3-4-6-10/h3-8,11-14,21,24-25H,9-10,15-20,28-29H2,1-2H3,(H,30,32);7-10,12-14,16,20H,4-6,11,15H2,1-3H3;20H,4-19H2,1-3H3;18H,4-17H2,1-3H3;16H,4-15H2,1-3H3;14H,4-13H2,1-3H3;7-8H,3-6,10-11H2,1-2H3. The lowest BCUT2D eigenvalue weighted by Crippen LogP contribution is -2.50. The highest BCUT2D eigenvalue weighted by Crippen LogP contribution is 2.27. The Labute approximate surface area is 911 Å². The van der Waals surface area contributed by atoms with Gasteiger partial charge in [0.2, 0.25) is 15.9 Å². The van der Waals surface area contributed by atoms with Crippen LogP contribution in [0.2, 0.25) is 0 Å². The van der Waals surface area contributed by atoms with Crippen molar-refractivity contribution in [3.05, 3.63) is 120 Å². The molecule has 148 heavy (non-hydrogen) atoms. The highest BCUT2D eigenvalue weighted by Gasteiger charge is 2.31. The molecule has 4 atom stereocenters. The van der Waals surface area contributed by atoms with Crippen LogP contribution < -0.4 is 28.3 Å². The van der Waals surface area contributed by atoms with Crippen LogP contribution in [0.15, 0.2) is 103 Å². The van der Waals surface area contributed by atoms with E-state index in [0.717, 1.165) is 123 Å². The number of Topliss-reactive ketones (excluding diaryl/α,β-unsaturated/α-hetero) is 8. The van der Waals surface area contributed by atoms with Crippen molar-refractivity contribution in [3.63, 3.8) is 0 Å². The first-order valence-corrected chi connectivity index (χ1v) is 62.6. The van der Waals surface area contributed by atoms with Gasteiger partial charge in [0.15, 0.2) is 17.3 Å². The number of rotatable bonds is 87. The van der Waals surface area contributed by atoms with E-state index in [9.17, 15) is 51.6 Å². The van der Waals surface area contributed by atoms with Crippen molar-refractivity contribution in [3.8, 4) is 0 Å². The van der Waals surface area contributed by atoms with Gasteiger partial charge in [-0.05, 0) is 112 Å². The van der Waals surface area contributed by atoms with Gasteiger partial charge in [-0.2, -0.15) is 4.31 Å². The number of carbonyl (C=O) groups is 9. The van der Waals surface area contributed by atoms with Gasteiger partial charge in [0.25, 0.3) is 0 Å². The topological polar surface area (TPSA) is 307 Å². The number of benzene rings is 4. The molecule has 0 aromatic heterocycles. The molecule has 9 N–H and O–H groups in total. The third-order valence-corrected chi connectivity index (χ3v) is 29.9. The van der Waals surface area contributed by atoms with Crippen molar-refractivity contribution < 1.29 is 51.6 Å². The number of amides is 1. The number of nitrogens with zero attached hydrogens (tertiary/aromatic N) is 1. The van der Waals surface area contributed by atoms with E-state index in [1.165, 1.54) is 283 Å². The smallest absolute Gasteiger partial charge is 0.235 e. The number of ketones is 8. The third-order valence-electron chi connectivity index (χ3n) is 28.1. The van der Waals surface area contributed by atoms with Gasteiger partial charge >= 0.3 is 0 Å². The van der Waals surface area contributed by atoms with E-state index in [4.69, 9.17) is 22.9 Å². The maximum atomic E-state index is 13.4. The van der Waals surface area contributed by atoms with Crippen molar-refractivity contribution in [2.24, 2.45) is 70.3 Å². The fourth-order valence-corrected chi connectivity index (χ4v) is 19.5. The molecule has 0 aliphatic carbocycles. The van der Waals surface area contributed by atoms with Crippen LogP contribution in [-0.2, 0) is 60.6 Å². The van der Waals surface area contributed by atoms with Gasteiger partial charge in [0.1, 0.15) is 28.9 Å². The van der Waals surface area contributed by atoms with Crippen LogP contribution >= 0.6 is 0 Å². The number of nitrogens with two attached hydrogens (primary N) is 4. The van der Waals surface area contributed by atoms with E-state index >= 15 is 0 Å². The van der Waals surface area contributed by atoms with E-state index in [2.05, 4.69) is 39.9 Å². The Kier molecular flexibility index (Phi) is 99.8. The zero-order valence-electron chi connectivity index (χ0n) is 99.1. The predicted octanol–water partition coefficient (Wildman–Crippen LogP) is 33.9. The minimum Gasteiger partial charge on any atom is -0.345 e. The Morgan fingerprint density at radius 3 is 0.912 bits per heavy atom. The molecule has 17 nitrogen and oxygen atoms in total. The third kappa shape index (κ3) is 87.1. The lowest BCUT2D eigenvalue weighted by molar-refractivity contribution is -0.129. The molecular weight excluding hydrogens is 1850 g/mol. The molecule has 854 valence electrons. The van der Waals surface area contributed by atoms with Crippen LogP contribution in [0.5, 0.6) is 0 Å². The highest BCUT2D eigenvalue weighted by atomic mass is 32.2. The van der Waals surface area contributed by atoms with Crippen LogP contribution in [-0.4, -0.2) is 109 Å². The van der Waals surface area contributed by atoms with Gasteiger partial charge in [0.05, 0.1) is 24.4 Å². The van der Waals surface area contributed by atoms with E-state index < -0.39 is 34.6 Å². The van der Waals surface area contributed by atoms with Crippen molar-refractivity contribution in [1.29, 1.82) is 0 Å². The first-order valence-electron chi connectivity index (χ1n) is 61.0. The molecule has 0 aliphatic rings. The summed E-state index contributed by atoms with van der Waals surface area (Å²) in [4.78, 5) is 108. The van der Waals surface area contributed by atoms with Gasteiger partial charge in [-0.1, -0.05) is 537 Å². The van der Waals surface area contributed by atoms with Crippen LogP contribution in [0, 0.1) is 47.3 Å². The minimum atomic E-state index is -3.86. The quantitative estimate of drug-likeness (QED) is 0.0203. The molecule has 4 rings (SSSR count). The Morgan fingerprint density at radius 1 is 0.304 bits per heavy atom. The molecule has 0 aliphatic heterocycles. The number of sulfonamides is 1. The van der Waals surface area contributed by atoms with Crippen molar-refractivity contribution >= 4 is 73.0 Å². The number of hydrogen-bond acceptors (Lipinski definition) is 15. The number of unbranched alkanes of at least 4 members (excludes halogenated alkanes) is 48. The minimum absolute atomic E-state index is 0.0129. The zero-order chi connectivity index (χ0) is 111. The van der Waals surface area contributed by atoms with Crippen LogP contribution in [0.25, 0.3) is 10.8 Å². The average Bonchev–Trinajstić information content (AvgIpc) is 0.832. The fourth-order valence-electron chi connectivity index (χ4n) is 17.9. The summed E-state index contributed by atoms with van der Waals surface area (Å²) < 4.78 is 27.9. The SMILES string of the molecule is CC(C)C(=O)C(CCCCN)NC(=O)CN(CC(N)Cc1ccccc1)S(=O)(=O)Cc1ccccc1.CC(C)C(=O)C(N)CCCCN.CCCCCC(CC(=O)c1ccc2ccccc2c1)C(=O)C(C)C.CCCCCCCCCCCC(=O)C(C)C.CCCCCCCCCCCCCC(=O)C(C)C.CCCCCCCCCCCCCCCC(=O)C(C)C.CCCCCCCCCCCCCCCCCC(=O)C(C)C. The summed E-state index contributed by atoms with van der Waals surface area (Å²) in [7, 11) is -3.86. The first kappa shape index (κ1) is 146. The Balaban J connectivity index is -0.00000170. The summed E-state index contributed by atoms with van der Waals surface area (Å²) in [5, 5.41) is 4.97. The lowest BCUT2D eigenvalue weighted by atomic mass is 9.85. The van der Waals surface area contributed by atoms with Crippen molar-refractivity contribution in [2.75, 3.05) is 26.2 Å². The molecule has 0 radical (unpaired) electrons. The molecule has 0 fully saturated rings. The van der Waals surface area contributed by atoms with Gasteiger partial charge in [0, 0.05) is 97.6 Å². The number of nitrogens with one attached hydrogen (secondary N) is 1. The maximum absolute atomic E-state index is 13.4. The van der Waals surface area contributed by atoms with Gasteiger partial charge in [-0.25, -0.2) is 8.42 Å². The largest absolute Gasteiger partial charge is 0.345 e. The molecule has 0 saturated heterocycles. The van der Waals surface area contributed by atoms with Crippen LogP contribution in [0.1, 0.15) is 558 Å². The Bertz CT molecular complexity index is 3940. The molecule has 18 heteroatoms. The normalized spacial score (nSPS) is 12.1. The molecule has 0 spiro atoms. The molecule has 0 heterocycles. The Morgan fingerprint density at radius 2 is 0.595 bits per heavy atom. The van der Waals surface area contributed by atoms with Gasteiger partial charge < -0.3 is 28.3 Å². The van der Waals surface area contributed by atoms with E-state index in [0.29, 0.717) is 73.0 Å². The summed E-state index contributed by atoms with van der Waals surface area (Å²) in [5.41, 5.74) is 25.2. The predicted molar refractivity (Wildman–Crippen MR) is 637 cm³/mol. The average molecular weight is 2090 g/mol. The monoisotopic (exact) mass is 2090 g/mol. The van der Waals surface area contributed by atoms with E-state index in [1.807, 2.05) is 162 Å². The highest BCUT2D eigenvalue weighted by molar-refractivity contribution is 7.88. The summed E-state index contributed by atoms with van der Waals surface area (Å²) >= 11 is 0. The molecule has 4 aromatic rings. The summed E-state index contributed by atoms with van der Waals surface area (Å²) in [6, 6.07) is 30.7. The maximum Gasteiger partial charge on any atom is 0.235 e. The van der Waals surface area contributed by atoms with Gasteiger partial charge in [-0.15, -0.1) is 0 Å². The molecule has 1 amide bonds. The second kappa shape index (κ2) is 101. The Hall–Kier alpha value is -6.28. The summed E-state index contributed by atoms with van der Waals surface area (Å²) in [6.07, 6.45) is 78.0. The number of fused-ring (bicyclic) bond motifs is 1. The lowest BCUT2D eigenvalue weighted by Gasteiger charge is -2.26. The second-order valence-corrected chi connectivity index (χ2v) is 46.8. The van der Waals surface area contributed by atoms with Gasteiger partial charge in [-0.3, -0.25) is 43.2 Å². The first-order chi connectivity index (χ1) is 71.0. The summed E-state index contributed by atoms with van der Waals surface area (Å²) in [6.45, 7) is 39.2. The van der Waals surface area contributed by atoms with E-state index in [-0.39, 0.29) is 88.8 Å². The summed E-state index contributed by atoms with van der Waals surface area (Å²) in [5.74, 6) is 1.91. The van der Waals surface area contributed by atoms with E-state index in [1.54, 1.807) is 38.1 Å².